The SMILES string of the molecule is Cc1ccc(C=C(C(=O)Nc2ccccc2F)C(=O)Nc2ccccc2F)s1. The van der Waals surface area contributed by atoms with Gasteiger partial charge in [0.1, 0.15) is 17.2 Å². The average molecular weight is 398 g/mol. The number of rotatable bonds is 5. The van der Waals surface area contributed by atoms with Crippen molar-refractivity contribution in [2.75, 3.05) is 10.6 Å². The molecule has 0 fully saturated rings. The van der Waals surface area contributed by atoms with Crippen molar-refractivity contribution in [1.29, 1.82) is 0 Å². The number of anilines is 2. The van der Waals surface area contributed by atoms with Crippen molar-refractivity contribution in [3.8, 4) is 0 Å². The van der Waals surface area contributed by atoms with Crippen LogP contribution in [0.4, 0.5) is 20.2 Å². The van der Waals surface area contributed by atoms with Crippen LogP contribution in [0.3, 0.4) is 0 Å². The van der Waals surface area contributed by atoms with Gasteiger partial charge in [0.25, 0.3) is 11.8 Å². The summed E-state index contributed by atoms with van der Waals surface area (Å²) in [7, 11) is 0. The molecule has 1 aromatic heterocycles. The van der Waals surface area contributed by atoms with Gasteiger partial charge in [-0.3, -0.25) is 9.59 Å². The fourth-order valence-corrected chi connectivity index (χ4v) is 3.23. The van der Waals surface area contributed by atoms with Gasteiger partial charge in [-0.25, -0.2) is 8.78 Å². The fourth-order valence-electron chi connectivity index (χ4n) is 2.41. The first kappa shape index (κ1) is 19.4. The molecular weight excluding hydrogens is 382 g/mol. The van der Waals surface area contributed by atoms with Gasteiger partial charge in [0.2, 0.25) is 0 Å². The van der Waals surface area contributed by atoms with Crippen molar-refractivity contribution in [2.45, 2.75) is 6.92 Å². The van der Waals surface area contributed by atoms with Crippen molar-refractivity contribution < 1.29 is 18.4 Å². The molecule has 0 aliphatic heterocycles. The normalized spacial score (nSPS) is 10.2. The van der Waals surface area contributed by atoms with E-state index in [-0.39, 0.29) is 16.9 Å². The van der Waals surface area contributed by atoms with Gasteiger partial charge >= 0.3 is 0 Å². The molecule has 0 spiro atoms. The van der Waals surface area contributed by atoms with E-state index in [1.807, 2.05) is 13.0 Å². The summed E-state index contributed by atoms with van der Waals surface area (Å²) in [6.07, 6.45) is 1.39. The van der Waals surface area contributed by atoms with Gasteiger partial charge in [-0.15, -0.1) is 11.3 Å². The van der Waals surface area contributed by atoms with Gasteiger partial charge in [0, 0.05) is 9.75 Å². The lowest BCUT2D eigenvalue weighted by Gasteiger charge is -2.11. The largest absolute Gasteiger partial charge is 0.319 e. The number of hydrogen-bond acceptors (Lipinski definition) is 3. The van der Waals surface area contributed by atoms with Crippen LogP contribution in [0, 0.1) is 18.6 Å². The fraction of sp³-hybridized carbons (Fsp3) is 0.0476. The molecule has 1 heterocycles. The van der Waals surface area contributed by atoms with E-state index in [2.05, 4.69) is 10.6 Å². The van der Waals surface area contributed by atoms with Crippen molar-refractivity contribution in [3.63, 3.8) is 0 Å². The van der Waals surface area contributed by atoms with Crippen LogP contribution in [0.2, 0.25) is 0 Å². The summed E-state index contributed by atoms with van der Waals surface area (Å²) in [6, 6.07) is 14.9. The maximum absolute atomic E-state index is 13.9. The summed E-state index contributed by atoms with van der Waals surface area (Å²) < 4.78 is 27.7. The minimum Gasteiger partial charge on any atom is -0.319 e. The maximum Gasteiger partial charge on any atom is 0.261 e. The first-order chi connectivity index (χ1) is 13.4. The van der Waals surface area contributed by atoms with E-state index in [1.54, 1.807) is 18.2 Å². The number of halogens is 2. The number of carbonyl (C=O) groups excluding carboxylic acids is 2. The van der Waals surface area contributed by atoms with Crippen LogP contribution in [0.15, 0.2) is 66.2 Å². The van der Waals surface area contributed by atoms with E-state index in [0.717, 1.165) is 4.88 Å². The molecular formula is C21H16F2N2O2S. The Bertz CT molecular complexity index is 998. The van der Waals surface area contributed by atoms with Crippen LogP contribution in [0.5, 0.6) is 0 Å². The maximum atomic E-state index is 13.9. The molecule has 28 heavy (non-hydrogen) atoms. The Hall–Kier alpha value is -3.32. The highest BCUT2D eigenvalue weighted by atomic mass is 32.1. The summed E-state index contributed by atoms with van der Waals surface area (Å²) in [5, 5.41) is 4.77. The number of aryl methyl sites for hydroxylation is 1. The minimum absolute atomic E-state index is 0.0561. The van der Waals surface area contributed by atoms with Gasteiger partial charge in [0.15, 0.2) is 0 Å². The number of hydrogen-bond donors (Lipinski definition) is 2. The molecule has 2 aromatic carbocycles. The number of carbonyl (C=O) groups is 2. The van der Waals surface area contributed by atoms with Crippen LogP contribution in [0.25, 0.3) is 6.08 Å². The lowest BCUT2D eigenvalue weighted by molar-refractivity contribution is -0.118. The Morgan fingerprint density at radius 1 is 0.821 bits per heavy atom. The number of benzene rings is 2. The third kappa shape index (κ3) is 4.69. The molecule has 3 aromatic rings. The summed E-state index contributed by atoms with van der Waals surface area (Å²) in [5.41, 5.74) is -0.382. The molecule has 2 amide bonds. The van der Waals surface area contributed by atoms with E-state index in [0.29, 0.717) is 4.88 Å². The Morgan fingerprint density at radius 3 is 1.75 bits per heavy atom. The third-order valence-electron chi connectivity index (χ3n) is 3.78. The summed E-state index contributed by atoms with van der Waals surface area (Å²) >= 11 is 1.39. The first-order valence-electron chi connectivity index (χ1n) is 8.34. The van der Waals surface area contributed by atoms with E-state index >= 15 is 0 Å². The molecule has 0 unspecified atom stereocenters. The van der Waals surface area contributed by atoms with Crippen molar-refractivity contribution in [2.24, 2.45) is 0 Å². The van der Waals surface area contributed by atoms with E-state index in [4.69, 9.17) is 0 Å². The second-order valence-electron chi connectivity index (χ2n) is 5.87. The van der Waals surface area contributed by atoms with Gasteiger partial charge in [-0.05, 0) is 49.4 Å². The lowest BCUT2D eigenvalue weighted by atomic mass is 10.1. The van der Waals surface area contributed by atoms with Crippen LogP contribution in [-0.4, -0.2) is 11.8 Å². The highest BCUT2D eigenvalue weighted by molar-refractivity contribution is 7.12. The molecule has 2 N–H and O–H groups in total. The smallest absolute Gasteiger partial charge is 0.261 e. The van der Waals surface area contributed by atoms with Gasteiger partial charge in [-0.1, -0.05) is 24.3 Å². The highest BCUT2D eigenvalue weighted by Crippen LogP contribution is 2.21. The van der Waals surface area contributed by atoms with Crippen LogP contribution >= 0.6 is 11.3 Å². The van der Waals surface area contributed by atoms with Crippen molar-refractivity contribution >= 4 is 40.6 Å². The van der Waals surface area contributed by atoms with Crippen LogP contribution < -0.4 is 10.6 Å². The van der Waals surface area contributed by atoms with E-state index in [1.165, 1.54) is 53.8 Å². The number of thiophene rings is 1. The molecule has 0 radical (unpaired) electrons. The molecule has 0 saturated carbocycles. The molecule has 142 valence electrons. The van der Waals surface area contributed by atoms with Crippen LogP contribution in [0.1, 0.15) is 9.75 Å². The Kier molecular flexibility index (Phi) is 5.96. The topological polar surface area (TPSA) is 58.2 Å². The minimum atomic E-state index is -0.801. The second-order valence-corrected chi connectivity index (χ2v) is 7.19. The molecule has 0 aliphatic carbocycles. The quantitative estimate of drug-likeness (QED) is 0.361. The third-order valence-corrected chi connectivity index (χ3v) is 4.73. The zero-order valence-corrected chi connectivity index (χ0v) is 15.6. The van der Waals surface area contributed by atoms with Crippen molar-refractivity contribution in [3.05, 3.63) is 87.6 Å². The molecule has 0 saturated heterocycles. The van der Waals surface area contributed by atoms with Crippen LogP contribution in [-0.2, 0) is 9.59 Å². The molecule has 0 bridgehead atoms. The Balaban J connectivity index is 1.92. The van der Waals surface area contributed by atoms with Gasteiger partial charge in [0.05, 0.1) is 11.4 Å². The zero-order valence-electron chi connectivity index (χ0n) is 14.8. The second kappa shape index (κ2) is 8.58. The number of amides is 2. The zero-order chi connectivity index (χ0) is 20.1. The lowest BCUT2D eigenvalue weighted by Crippen LogP contribution is -2.26. The number of para-hydroxylation sites is 2. The molecule has 4 nitrogen and oxygen atoms in total. The molecule has 0 aliphatic rings. The van der Waals surface area contributed by atoms with Gasteiger partial charge in [-0.2, -0.15) is 0 Å². The summed E-state index contributed by atoms with van der Waals surface area (Å²) in [4.78, 5) is 27.1. The highest BCUT2D eigenvalue weighted by Gasteiger charge is 2.21. The summed E-state index contributed by atoms with van der Waals surface area (Å²) in [5.74, 6) is -2.86. The standard InChI is InChI=1S/C21H16F2N2O2S/c1-13-10-11-14(28-13)12-15(20(26)24-18-8-4-2-6-16(18)22)21(27)25-19-9-5-3-7-17(19)23/h2-12H,1H3,(H,24,26)(H,25,27). The summed E-state index contributed by atoms with van der Waals surface area (Å²) in [6.45, 7) is 1.89. The van der Waals surface area contributed by atoms with E-state index < -0.39 is 23.4 Å². The van der Waals surface area contributed by atoms with Crippen molar-refractivity contribution in [1.82, 2.24) is 0 Å². The van der Waals surface area contributed by atoms with E-state index in [9.17, 15) is 18.4 Å². The predicted molar refractivity (Wildman–Crippen MR) is 107 cm³/mol. The number of nitrogens with one attached hydrogen (secondary N) is 2. The molecule has 7 heteroatoms. The molecule has 0 atom stereocenters. The monoisotopic (exact) mass is 398 g/mol. The average Bonchev–Trinajstić information content (AvgIpc) is 3.08. The molecule has 3 rings (SSSR count). The van der Waals surface area contributed by atoms with Gasteiger partial charge < -0.3 is 10.6 Å². The predicted octanol–water partition coefficient (Wildman–Crippen LogP) is 5.00. The first-order valence-corrected chi connectivity index (χ1v) is 9.15. The Labute approximate surface area is 164 Å². The Morgan fingerprint density at radius 2 is 1.32 bits per heavy atom.